The summed E-state index contributed by atoms with van der Waals surface area (Å²) in [5, 5.41) is 6.73. The van der Waals surface area contributed by atoms with Crippen molar-refractivity contribution in [3.05, 3.63) is 23.7 Å². The standard InChI is InChI=1S/C12H20N2O/c1-10-3-4-11(15-10)7-14-9-12(5-6-12)8-13-2/h3-4,13-14H,5-9H2,1-2H3. The van der Waals surface area contributed by atoms with Crippen molar-refractivity contribution in [1.82, 2.24) is 10.6 Å². The lowest BCUT2D eigenvalue weighted by atomic mass is 10.1. The van der Waals surface area contributed by atoms with Crippen molar-refractivity contribution in [2.45, 2.75) is 26.3 Å². The summed E-state index contributed by atoms with van der Waals surface area (Å²) in [6.45, 7) is 5.04. The molecule has 0 aromatic carbocycles. The molecule has 0 radical (unpaired) electrons. The van der Waals surface area contributed by atoms with Crippen molar-refractivity contribution in [3.63, 3.8) is 0 Å². The first-order valence-corrected chi connectivity index (χ1v) is 5.65. The van der Waals surface area contributed by atoms with Gasteiger partial charge in [-0.1, -0.05) is 0 Å². The highest BCUT2D eigenvalue weighted by Gasteiger charge is 2.41. The third-order valence-electron chi connectivity index (χ3n) is 3.10. The van der Waals surface area contributed by atoms with E-state index in [9.17, 15) is 0 Å². The monoisotopic (exact) mass is 208 g/mol. The number of hydrogen-bond acceptors (Lipinski definition) is 3. The molecule has 1 aromatic heterocycles. The van der Waals surface area contributed by atoms with Gasteiger partial charge in [-0.15, -0.1) is 0 Å². The van der Waals surface area contributed by atoms with Crippen molar-refractivity contribution in [1.29, 1.82) is 0 Å². The molecule has 0 atom stereocenters. The normalized spacial score (nSPS) is 18.0. The molecular formula is C12H20N2O. The van der Waals surface area contributed by atoms with Crippen LogP contribution in [0.1, 0.15) is 24.4 Å². The van der Waals surface area contributed by atoms with Crippen LogP contribution in [0.4, 0.5) is 0 Å². The second-order valence-electron chi connectivity index (χ2n) is 4.65. The molecule has 0 saturated heterocycles. The van der Waals surface area contributed by atoms with Crippen molar-refractivity contribution >= 4 is 0 Å². The lowest BCUT2D eigenvalue weighted by Gasteiger charge is -2.14. The van der Waals surface area contributed by atoms with Crippen LogP contribution >= 0.6 is 0 Å². The van der Waals surface area contributed by atoms with E-state index >= 15 is 0 Å². The molecule has 2 N–H and O–H groups in total. The predicted octanol–water partition coefficient (Wildman–Crippen LogP) is 1.68. The number of rotatable bonds is 6. The Kier molecular flexibility index (Phi) is 3.12. The summed E-state index contributed by atoms with van der Waals surface area (Å²) in [4.78, 5) is 0. The quantitative estimate of drug-likeness (QED) is 0.747. The second kappa shape index (κ2) is 4.37. The van der Waals surface area contributed by atoms with Gasteiger partial charge in [0.1, 0.15) is 11.5 Å². The van der Waals surface area contributed by atoms with Crippen LogP contribution in [0.15, 0.2) is 16.5 Å². The lowest BCUT2D eigenvalue weighted by Crippen LogP contribution is -2.30. The summed E-state index contributed by atoms with van der Waals surface area (Å²) < 4.78 is 5.50. The first kappa shape index (κ1) is 10.7. The highest BCUT2D eigenvalue weighted by Crippen LogP contribution is 2.44. The van der Waals surface area contributed by atoms with Crippen molar-refractivity contribution in [2.24, 2.45) is 5.41 Å². The maximum absolute atomic E-state index is 5.50. The molecule has 3 nitrogen and oxygen atoms in total. The fraction of sp³-hybridized carbons (Fsp3) is 0.667. The molecular weight excluding hydrogens is 188 g/mol. The molecule has 2 rings (SSSR count). The molecule has 15 heavy (non-hydrogen) atoms. The van der Waals surface area contributed by atoms with E-state index in [0.29, 0.717) is 5.41 Å². The van der Waals surface area contributed by atoms with E-state index in [2.05, 4.69) is 10.6 Å². The minimum atomic E-state index is 0.524. The molecule has 1 aliphatic carbocycles. The average molecular weight is 208 g/mol. The van der Waals surface area contributed by atoms with E-state index in [-0.39, 0.29) is 0 Å². The van der Waals surface area contributed by atoms with Crippen LogP contribution in [0, 0.1) is 12.3 Å². The van der Waals surface area contributed by atoms with Gasteiger partial charge in [0.25, 0.3) is 0 Å². The summed E-state index contributed by atoms with van der Waals surface area (Å²) in [5.74, 6) is 2.02. The van der Waals surface area contributed by atoms with Crippen LogP contribution in [0.5, 0.6) is 0 Å². The summed E-state index contributed by atoms with van der Waals surface area (Å²) in [7, 11) is 2.02. The molecule has 1 saturated carbocycles. The SMILES string of the molecule is CNCC1(CNCc2ccc(C)o2)CC1. The van der Waals surface area contributed by atoms with Gasteiger partial charge >= 0.3 is 0 Å². The molecule has 1 fully saturated rings. The van der Waals surface area contributed by atoms with Crippen LogP contribution in [0.2, 0.25) is 0 Å². The Bertz CT molecular complexity index is 315. The zero-order valence-electron chi connectivity index (χ0n) is 9.60. The van der Waals surface area contributed by atoms with Gasteiger partial charge in [-0.3, -0.25) is 0 Å². The minimum Gasteiger partial charge on any atom is -0.465 e. The second-order valence-corrected chi connectivity index (χ2v) is 4.65. The molecule has 1 heterocycles. The maximum Gasteiger partial charge on any atom is 0.117 e. The summed E-state index contributed by atoms with van der Waals surface area (Å²) >= 11 is 0. The van der Waals surface area contributed by atoms with Gasteiger partial charge in [-0.05, 0) is 44.4 Å². The van der Waals surface area contributed by atoms with Gasteiger partial charge in [0, 0.05) is 13.1 Å². The van der Waals surface area contributed by atoms with Gasteiger partial charge in [0.15, 0.2) is 0 Å². The molecule has 1 aromatic rings. The van der Waals surface area contributed by atoms with E-state index in [0.717, 1.165) is 31.2 Å². The van der Waals surface area contributed by atoms with Crippen molar-refractivity contribution in [3.8, 4) is 0 Å². The van der Waals surface area contributed by atoms with Crippen molar-refractivity contribution < 1.29 is 4.42 Å². The number of hydrogen-bond donors (Lipinski definition) is 2. The van der Waals surface area contributed by atoms with Gasteiger partial charge in [0.05, 0.1) is 6.54 Å². The van der Waals surface area contributed by atoms with Crippen LogP contribution in [-0.4, -0.2) is 20.1 Å². The Morgan fingerprint density at radius 2 is 2.13 bits per heavy atom. The van der Waals surface area contributed by atoms with Gasteiger partial charge < -0.3 is 15.1 Å². The summed E-state index contributed by atoms with van der Waals surface area (Å²) in [6, 6.07) is 4.05. The van der Waals surface area contributed by atoms with Crippen LogP contribution < -0.4 is 10.6 Å². The smallest absolute Gasteiger partial charge is 0.117 e. The van der Waals surface area contributed by atoms with Crippen LogP contribution in [-0.2, 0) is 6.54 Å². The highest BCUT2D eigenvalue weighted by molar-refractivity contribution is 5.05. The molecule has 3 heteroatoms. The average Bonchev–Trinajstić information content (AvgIpc) is 2.83. The third-order valence-corrected chi connectivity index (χ3v) is 3.10. The predicted molar refractivity (Wildman–Crippen MR) is 60.7 cm³/mol. The first-order chi connectivity index (χ1) is 7.24. The Morgan fingerprint density at radius 3 is 2.67 bits per heavy atom. The van der Waals surface area contributed by atoms with Crippen LogP contribution in [0.3, 0.4) is 0 Å². The van der Waals surface area contributed by atoms with E-state index in [1.54, 1.807) is 0 Å². The van der Waals surface area contributed by atoms with E-state index < -0.39 is 0 Å². The number of aryl methyl sites for hydroxylation is 1. The van der Waals surface area contributed by atoms with E-state index in [1.165, 1.54) is 12.8 Å². The number of nitrogens with one attached hydrogen (secondary N) is 2. The first-order valence-electron chi connectivity index (χ1n) is 5.65. The Balaban J connectivity index is 1.71. The fourth-order valence-electron chi connectivity index (χ4n) is 2.00. The molecule has 84 valence electrons. The minimum absolute atomic E-state index is 0.524. The third kappa shape index (κ3) is 2.83. The fourth-order valence-corrected chi connectivity index (χ4v) is 2.00. The largest absolute Gasteiger partial charge is 0.465 e. The summed E-state index contributed by atoms with van der Waals surface area (Å²) in [5.41, 5.74) is 0.524. The number of furan rings is 1. The highest BCUT2D eigenvalue weighted by atomic mass is 16.3. The van der Waals surface area contributed by atoms with Crippen molar-refractivity contribution in [2.75, 3.05) is 20.1 Å². The zero-order valence-corrected chi connectivity index (χ0v) is 9.60. The molecule has 0 spiro atoms. The Labute approximate surface area is 91.2 Å². The maximum atomic E-state index is 5.50. The van der Waals surface area contributed by atoms with E-state index in [1.807, 2.05) is 26.1 Å². The topological polar surface area (TPSA) is 37.2 Å². The molecule has 1 aliphatic rings. The summed E-state index contributed by atoms with van der Waals surface area (Å²) in [6.07, 6.45) is 2.69. The molecule has 0 amide bonds. The van der Waals surface area contributed by atoms with Gasteiger partial charge in [-0.2, -0.15) is 0 Å². The molecule has 0 aliphatic heterocycles. The lowest BCUT2D eigenvalue weighted by molar-refractivity contribution is 0.409. The molecule has 0 bridgehead atoms. The molecule has 0 unspecified atom stereocenters. The Morgan fingerprint density at radius 1 is 1.33 bits per heavy atom. The zero-order chi connectivity index (χ0) is 10.7. The van der Waals surface area contributed by atoms with Gasteiger partial charge in [0.2, 0.25) is 0 Å². The van der Waals surface area contributed by atoms with Gasteiger partial charge in [-0.25, -0.2) is 0 Å². The Hall–Kier alpha value is -0.800. The van der Waals surface area contributed by atoms with Crippen LogP contribution in [0.25, 0.3) is 0 Å². The van der Waals surface area contributed by atoms with E-state index in [4.69, 9.17) is 4.42 Å².